The van der Waals surface area contributed by atoms with Gasteiger partial charge in [-0.1, -0.05) is 17.7 Å². The van der Waals surface area contributed by atoms with Crippen LogP contribution in [0.5, 0.6) is 0 Å². The topological polar surface area (TPSA) is 29.5 Å². The third-order valence-electron chi connectivity index (χ3n) is 4.02. The van der Waals surface area contributed by atoms with Gasteiger partial charge in [0.05, 0.1) is 10.9 Å². The summed E-state index contributed by atoms with van der Waals surface area (Å²) in [6.07, 6.45) is 1.44. The maximum atomic E-state index is 12.4. The normalized spacial score (nSPS) is 24.5. The summed E-state index contributed by atoms with van der Waals surface area (Å²) in [5.41, 5.74) is 1.94. The van der Waals surface area contributed by atoms with Crippen molar-refractivity contribution in [1.29, 1.82) is 0 Å². The number of aryl methyl sites for hydroxylation is 1. The van der Waals surface area contributed by atoms with Crippen LogP contribution in [0.3, 0.4) is 0 Å². The van der Waals surface area contributed by atoms with E-state index in [1.165, 1.54) is 0 Å². The number of hydrogen-bond donors (Lipinski definition) is 0. The SMILES string of the molecule is CO[C@H]1CSC2(C1)CN(C(=O)c1cccc(C)c1)C2. The molecule has 2 saturated heterocycles. The highest BCUT2D eigenvalue weighted by molar-refractivity contribution is 8.01. The minimum absolute atomic E-state index is 0.163. The summed E-state index contributed by atoms with van der Waals surface area (Å²) in [5, 5.41) is 0. The number of thioether (sulfide) groups is 1. The smallest absolute Gasteiger partial charge is 0.253 e. The second kappa shape index (κ2) is 4.84. The van der Waals surface area contributed by atoms with Crippen LogP contribution in [-0.4, -0.2) is 47.6 Å². The molecule has 3 nitrogen and oxygen atoms in total. The van der Waals surface area contributed by atoms with Gasteiger partial charge in [0.1, 0.15) is 0 Å². The molecule has 4 heteroatoms. The van der Waals surface area contributed by atoms with E-state index < -0.39 is 0 Å². The van der Waals surface area contributed by atoms with E-state index in [0.717, 1.165) is 36.4 Å². The van der Waals surface area contributed by atoms with Gasteiger partial charge < -0.3 is 9.64 Å². The first kappa shape index (κ1) is 13.0. The van der Waals surface area contributed by atoms with Gasteiger partial charge in [-0.05, 0) is 25.5 Å². The Morgan fingerprint density at radius 3 is 2.89 bits per heavy atom. The molecule has 2 aliphatic rings. The van der Waals surface area contributed by atoms with Gasteiger partial charge in [-0.2, -0.15) is 0 Å². The zero-order valence-electron chi connectivity index (χ0n) is 11.4. The fraction of sp³-hybridized carbons (Fsp3) is 0.533. The van der Waals surface area contributed by atoms with Crippen molar-refractivity contribution in [1.82, 2.24) is 4.90 Å². The summed E-state index contributed by atoms with van der Waals surface area (Å²) in [6, 6.07) is 7.83. The highest BCUT2D eigenvalue weighted by Gasteiger charge is 2.50. The Morgan fingerprint density at radius 1 is 1.47 bits per heavy atom. The molecule has 1 aromatic carbocycles. The predicted octanol–water partition coefficient (Wildman–Crippen LogP) is 2.34. The Kier molecular flexibility index (Phi) is 3.31. The number of carbonyl (C=O) groups is 1. The number of amides is 1. The van der Waals surface area contributed by atoms with Crippen LogP contribution in [0.4, 0.5) is 0 Å². The molecule has 0 aromatic heterocycles. The molecule has 1 atom stereocenters. The zero-order chi connectivity index (χ0) is 13.5. The third-order valence-corrected chi connectivity index (χ3v) is 5.59. The molecule has 2 fully saturated rings. The fourth-order valence-electron chi connectivity index (χ4n) is 2.93. The lowest BCUT2D eigenvalue weighted by molar-refractivity contribution is 0.0452. The molecule has 1 aromatic rings. The molecule has 2 aliphatic heterocycles. The van der Waals surface area contributed by atoms with Crippen molar-refractivity contribution < 1.29 is 9.53 Å². The van der Waals surface area contributed by atoms with E-state index in [9.17, 15) is 4.79 Å². The van der Waals surface area contributed by atoms with Gasteiger partial charge in [-0.3, -0.25) is 4.79 Å². The third kappa shape index (κ3) is 2.39. The molecule has 0 aliphatic carbocycles. The van der Waals surface area contributed by atoms with E-state index in [4.69, 9.17) is 4.74 Å². The Morgan fingerprint density at radius 2 is 2.26 bits per heavy atom. The number of likely N-dealkylation sites (tertiary alicyclic amines) is 1. The van der Waals surface area contributed by atoms with Crippen molar-refractivity contribution in [3.8, 4) is 0 Å². The first-order valence-corrected chi connectivity index (χ1v) is 7.63. The first-order chi connectivity index (χ1) is 9.12. The molecule has 102 valence electrons. The fourth-order valence-corrected chi connectivity index (χ4v) is 4.52. The zero-order valence-corrected chi connectivity index (χ0v) is 12.2. The maximum Gasteiger partial charge on any atom is 0.253 e. The van der Waals surface area contributed by atoms with Crippen LogP contribution in [-0.2, 0) is 4.74 Å². The van der Waals surface area contributed by atoms with Crippen LogP contribution in [0, 0.1) is 6.92 Å². The summed E-state index contributed by atoms with van der Waals surface area (Å²) in [7, 11) is 1.78. The molecule has 1 spiro atoms. The first-order valence-electron chi connectivity index (χ1n) is 6.65. The molecule has 0 radical (unpaired) electrons. The van der Waals surface area contributed by atoms with Crippen LogP contribution in [0.2, 0.25) is 0 Å². The van der Waals surface area contributed by atoms with Crippen LogP contribution < -0.4 is 0 Å². The number of ether oxygens (including phenoxy) is 1. The van der Waals surface area contributed by atoms with E-state index in [0.29, 0.717) is 6.10 Å². The van der Waals surface area contributed by atoms with Gasteiger partial charge >= 0.3 is 0 Å². The second-order valence-electron chi connectivity index (χ2n) is 5.59. The Balaban J connectivity index is 1.63. The van der Waals surface area contributed by atoms with Gasteiger partial charge in [0.15, 0.2) is 0 Å². The number of hydrogen-bond acceptors (Lipinski definition) is 3. The molecule has 0 saturated carbocycles. The molecular formula is C15H19NO2S. The lowest BCUT2D eigenvalue weighted by Crippen LogP contribution is -2.60. The Labute approximate surface area is 118 Å². The van der Waals surface area contributed by atoms with Gasteiger partial charge in [0, 0.05) is 31.5 Å². The number of methoxy groups -OCH3 is 1. The quantitative estimate of drug-likeness (QED) is 0.831. The van der Waals surface area contributed by atoms with E-state index in [1.807, 2.05) is 47.9 Å². The lowest BCUT2D eigenvalue weighted by atomic mass is 9.92. The maximum absolute atomic E-state index is 12.4. The van der Waals surface area contributed by atoms with Crippen LogP contribution >= 0.6 is 11.8 Å². The van der Waals surface area contributed by atoms with Crippen molar-refractivity contribution in [2.75, 3.05) is 26.0 Å². The summed E-state index contributed by atoms with van der Waals surface area (Å²) < 4.78 is 5.68. The standard InChI is InChI=1S/C15H19NO2S/c1-11-4-3-5-12(6-11)14(17)16-9-15(10-16)7-13(18-2)8-19-15/h3-6,13H,7-10H2,1-2H3/t13-/m1/s1. The molecule has 0 N–H and O–H groups in total. The Bertz CT molecular complexity index is 497. The highest BCUT2D eigenvalue weighted by atomic mass is 32.2. The second-order valence-corrected chi connectivity index (χ2v) is 7.07. The molecule has 3 rings (SSSR count). The number of nitrogens with zero attached hydrogens (tertiary/aromatic N) is 1. The van der Waals surface area contributed by atoms with E-state index in [2.05, 4.69) is 0 Å². The van der Waals surface area contributed by atoms with Crippen molar-refractivity contribution in [2.45, 2.75) is 24.2 Å². The number of benzene rings is 1. The van der Waals surface area contributed by atoms with Crippen molar-refractivity contribution in [3.63, 3.8) is 0 Å². The summed E-state index contributed by atoms with van der Waals surface area (Å²) in [4.78, 5) is 14.3. The minimum Gasteiger partial charge on any atom is -0.381 e. The van der Waals surface area contributed by atoms with Crippen LogP contribution in [0.15, 0.2) is 24.3 Å². The molecule has 1 amide bonds. The predicted molar refractivity (Wildman–Crippen MR) is 77.7 cm³/mol. The average Bonchev–Trinajstić information content (AvgIpc) is 2.80. The van der Waals surface area contributed by atoms with Crippen LogP contribution in [0.25, 0.3) is 0 Å². The molecule has 19 heavy (non-hydrogen) atoms. The monoisotopic (exact) mass is 277 g/mol. The lowest BCUT2D eigenvalue weighted by Gasteiger charge is -2.47. The van der Waals surface area contributed by atoms with Gasteiger partial charge in [-0.15, -0.1) is 11.8 Å². The van der Waals surface area contributed by atoms with Gasteiger partial charge in [0.25, 0.3) is 5.91 Å². The largest absolute Gasteiger partial charge is 0.381 e. The minimum atomic E-state index is 0.163. The van der Waals surface area contributed by atoms with Crippen molar-refractivity contribution in [3.05, 3.63) is 35.4 Å². The van der Waals surface area contributed by atoms with E-state index >= 15 is 0 Å². The summed E-state index contributed by atoms with van der Waals surface area (Å²) in [6.45, 7) is 3.75. The van der Waals surface area contributed by atoms with Crippen molar-refractivity contribution >= 4 is 17.7 Å². The summed E-state index contributed by atoms with van der Waals surface area (Å²) >= 11 is 1.96. The number of rotatable bonds is 2. The molecule has 0 unspecified atom stereocenters. The molecular weight excluding hydrogens is 258 g/mol. The Hall–Kier alpha value is -1.00. The van der Waals surface area contributed by atoms with E-state index in [-0.39, 0.29) is 10.7 Å². The average molecular weight is 277 g/mol. The highest BCUT2D eigenvalue weighted by Crippen LogP contribution is 2.46. The van der Waals surface area contributed by atoms with Gasteiger partial charge in [-0.25, -0.2) is 0 Å². The van der Waals surface area contributed by atoms with Crippen molar-refractivity contribution in [2.24, 2.45) is 0 Å². The van der Waals surface area contributed by atoms with Crippen LogP contribution in [0.1, 0.15) is 22.3 Å². The molecule has 0 bridgehead atoms. The molecule has 2 heterocycles. The van der Waals surface area contributed by atoms with Gasteiger partial charge in [0.2, 0.25) is 0 Å². The van der Waals surface area contributed by atoms with E-state index in [1.54, 1.807) is 7.11 Å². The number of carbonyl (C=O) groups excluding carboxylic acids is 1. The summed E-state index contributed by atoms with van der Waals surface area (Å²) in [5.74, 6) is 1.22.